The summed E-state index contributed by atoms with van der Waals surface area (Å²) < 4.78 is 18.6. The van der Waals surface area contributed by atoms with Crippen molar-refractivity contribution in [3.63, 3.8) is 0 Å². The van der Waals surface area contributed by atoms with Crippen molar-refractivity contribution in [3.8, 4) is 5.75 Å². The lowest BCUT2D eigenvalue weighted by Crippen LogP contribution is -2.07. The van der Waals surface area contributed by atoms with E-state index in [0.29, 0.717) is 0 Å². The Morgan fingerprint density at radius 3 is 2.67 bits per heavy atom. The zero-order valence-corrected chi connectivity index (χ0v) is 12.0. The molecule has 0 saturated carbocycles. The summed E-state index contributed by atoms with van der Waals surface area (Å²) in [6, 6.07) is 9.48. The number of hydrogen-bond acceptors (Lipinski definition) is 6. The van der Waals surface area contributed by atoms with Gasteiger partial charge in [-0.05, 0) is 18.2 Å². The number of carbonyl (C=O) groups excluding carboxylic acids is 1. The van der Waals surface area contributed by atoms with Crippen LogP contribution in [0.4, 0.5) is 10.1 Å². The van der Waals surface area contributed by atoms with E-state index in [-0.39, 0.29) is 22.7 Å². The normalized spacial score (nSPS) is 15.3. The van der Waals surface area contributed by atoms with Crippen LogP contribution in [0, 0.1) is 15.9 Å². The van der Waals surface area contributed by atoms with Crippen LogP contribution in [0.25, 0.3) is 6.08 Å². The summed E-state index contributed by atoms with van der Waals surface area (Å²) in [5, 5.41) is 20.7. The van der Waals surface area contributed by atoms with Gasteiger partial charge in [-0.2, -0.15) is 0 Å². The predicted molar refractivity (Wildman–Crippen MR) is 81.8 cm³/mol. The predicted octanol–water partition coefficient (Wildman–Crippen LogP) is 2.78. The minimum atomic E-state index is -0.848. The van der Waals surface area contributed by atoms with Gasteiger partial charge in [0.05, 0.1) is 10.5 Å². The number of phenols is 1. The molecule has 1 aliphatic heterocycles. The molecule has 7 nitrogen and oxygen atoms in total. The SMILES string of the molecule is O=C1OC(c2ccccc2F)=N/C1=C\c1cccc([N+](=O)[O-])c1O. The maximum Gasteiger partial charge on any atom is 0.363 e. The van der Waals surface area contributed by atoms with E-state index >= 15 is 0 Å². The second-order valence-electron chi connectivity index (χ2n) is 4.79. The number of cyclic esters (lactones) is 1. The highest BCUT2D eigenvalue weighted by molar-refractivity contribution is 6.13. The highest BCUT2D eigenvalue weighted by atomic mass is 19.1. The summed E-state index contributed by atoms with van der Waals surface area (Å²) in [6.07, 6.45) is 1.14. The number of halogens is 1. The number of nitro groups is 1. The van der Waals surface area contributed by atoms with Crippen LogP contribution in [0.15, 0.2) is 53.2 Å². The molecule has 2 aromatic rings. The highest BCUT2D eigenvalue weighted by Crippen LogP contribution is 2.32. The Morgan fingerprint density at radius 1 is 1.21 bits per heavy atom. The summed E-state index contributed by atoms with van der Waals surface area (Å²) in [5.74, 6) is -2.27. The van der Waals surface area contributed by atoms with Gasteiger partial charge in [0.1, 0.15) is 5.82 Å². The molecule has 0 bridgehead atoms. The fourth-order valence-corrected chi connectivity index (χ4v) is 2.12. The summed E-state index contributed by atoms with van der Waals surface area (Å²) in [4.78, 5) is 25.8. The monoisotopic (exact) mass is 328 g/mol. The number of carbonyl (C=O) groups is 1. The van der Waals surface area contributed by atoms with Gasteiger partial charge in [-0.3, -0.25) is 10.1 Å². The molecule has 24 heavy (non-hydrogen) atoms. The van der Waals surface area contributed by atoms with E-state index in [2.05, 4.69) is 4.99 Å². The maximum absolute atomic E-state index is 13.7. The van der Waals surface area contributed by atoms with Crippen molar-refractivity contribution in [1.29, 1.82) is 0 Å². The molecule has 3 rings (SSSR count). The van der Waals surface area contributed by atoms with E-state index < -0.39 is 28.1 Å². The van der Waals surface area contributed by atoms with E-state index in [9.17, 15) is 24.4 Å². The van der Waals surface area contributed by atoms with E-state index in [0.717, 1.165) is 12.1 Å². The lowest BCUT2D eigenvalue weighted by Gasteiger charge is -2.00. The molecule has 0 fully saturated rings. The third kappa shape index (κ3) is 2.72. The fourth-order valence-electron chi connectivity index (χ4n) is 2.12. The first-order valence-electron chi connectivity index (χ1n) is 6.71. The van der Waals surface area contributed by atoms with Crippen molar-refractivity contribution < 1.29 is 24.0 Å². The highest BCUT2D eigenvalue weighted by Gasteiger charge is 2.26. The summed E-state index contributed by atoms with van der Waals surface area (Å²) in [6.45, 7) is 0. The summed E-state index contributed by atoms with van der Waals surface area (Å²) in [7, 11) is 0. The van der Waals surface area contributed by atoms with Gasteiger partial charge >= 0.3 is 11.7 Å². The molecule has 0 spiro atoms. The molecular weight excluding hydrogens is 319 g/mol. The molecule has 1 aliphatic rings. The van der Waals surface area contributed by atoms with Crippen LogP contribution in [-0.4, -0.2) is 21.9 Å². The number of hydrogen-bond donors (Lipinski definition) is 1. The number of nitro benzene ring substituents is 1. The standard InChI is InChI=1S/C16H9FN2O5/c17-11-6-2-1-5-10(11)15-18-12(16(21)24-15)8-9-4-3-7-13(14(9)20)19(22)23/h1-8,20H/b12-8-. The number of ether oxygens (including phenoxy) is 1. The van der Waals surface area contributed by atoms with Crippen LogP contribution in [0.5, 0.6) is 5.75 Å². The second-order valence-corrected chi connectivity index (χ2v) is 4.79. The second kappa shape index (κ2) is 5.92. The molecule has 120 valence electrons. The summed E-state index contributed by atoms with van der Waals surface area (Å²) >= 11 is 0. The van der Waals surface area contributed by atoms with Crippen molar-refractivity contribution in [3.05, 3.63) is 75.2 Å². The topological polar surface area (TPSA) is 102 Å². The molecule has 0 radical (unpaired) electrons. The molecule has 1 heterocycles. The minimum Gasteiger partial charge on any atom is -0.502 e. The average molecular weight is 328 g/mol. The first kappa shape index (κ1) is 15.3. The van der Waals surface area contributed by atoms with Crippen LogP contribution >= 0.6 is 0 Å². The average Bonchev–Trinajstić information content (AvgIpc) is 2.90. The van der Waals surface area contributed by atoms with Gasteiger partial charge < -0.3 is 9.84 Å². The lowest BCUT2D eigenvalue weighted by atomic mass is 10.1. The number of aromatic hydroxyl groups is 1. The number of phenolic OH excluding ortho intramolecular Hbond substituents is 1. The molecular formula is C16H9FN2O5. The van der Waals surface area contributed by atoms with Gasteiger partial charge in [0.15, 0.2) is 5.70 Å². The third-order valence-corrected chi connectivity index (χ3v) is 3.26. The minimum absolute atomic E-state index is 0.0116. The number of benzene rings is 2. The zero-order valence-electron chi connectivity index (χ0n) is 12.0. The fraction of sp³-hybridized carbons (Fsp3) is 0. The largest absolute Gasteiger partial charge is 0.502 e. The van der Waals surface area contributed by atoms with E-state index in [4.69, 9.17) is 4.74 Å². The van der Waals surface area contributed by atoms with Crippen molar-refractivity contribution in [2.45, 2.75) is 0 Å². The van der Waals surface area contributed by atoms with Gasteiger partial charge in [0.2, 0.25) is 11.6 Å². The van der Waals surface area contributed by atoms with Crippen molar-refractivity contribution >= 4 is 23.6 Å². The maximum atomic E-state index is 13.7. The van der Waals surface area contributed by atoms with Crippen LogP contribution < -0.4 is 0 Å². The number of nitrogens with zero attached hydrogens (tertiary/aromatic N) is 2. The van der Waals surface area contributed by atoms with E-state index in [1.165, 1.54) is 30.3 Å². The molecule has 1 N–H and O–H groups in total. The molecule has 0 saturated heterocycles. The first-order chi connectivity index (χ1) is 11.5. The van der Waals surface area contributed by atoms with Crippen LogP contribution in [0.3, 0.4) is 0 Å². The number of para-hydroxylation sites is 1. The van der Waals surface area contributed by atoms with Crippen LogP contribution in [-0.2, 0) is 9.53 Å². The molecule has 0 aromatic heterocycles. The molecule has 0 unspecified atom stereocenters. The molecule has 2 aromatic carbocycles. The Hall–Kier alpha value is -3.55. The van der Waals surface area contributed by atoms with Crippen molar-refractivity contribution in [2.24, 2.45) is 4.99 Å². The number of aliphatic imine (C=N–C) groups is 1. The Kier molecular flexibility index (Phi) is 3.78. The van der Waals surface area contributed by atoms with Gasteiger partial charge in [-0.25, -0.2) is 14.2 Å². The molecule has 0 atom stereocenters. The van der Waals surface area contributed by atoms with E-state index in [1.807, 2.05) is 0 Å². The number of esters is 1. The number of rotatable bonds is 3. The Balaban J connectivity index is 2.03. The third-order valence-electron chi connectivity index (χ3n) is 3.26. The lowest BCUT2D eigenvalue weighted by molar-refractivity contribution is -0.385. The van der Waals surface area contributed by atoms with Gasteiger partial charge in [0, 0.05) is 11.6 Å². The quantitative estimate of drug-likeness (QED) is 0.404. The van der Waals surface area contributed by atoms with Crippen LogP contribution in [0.2, 0.25) is 0 Å². The summed E-state index contributed by atoms with van der Waals surface area (Å²) in [5.41, 5.74) is -0.676. The molecule has 0 aliphatic carbocycles. The molecule has 8 heteroatoms. The Bertz CT molecular complexity index is 920. The van der Waals surface area contributed by atoms with Gasteiger partial charge in [0.25, 0.3) is 0 Å². The Morgan fingerprint density at radius 2 is 1.96 bits per heavy atom. The van der Waals surface area contributed by atoms with Gasteiger partial charge in [-0.1, -0.05) is 24.3 Å². The zero-order chi connectivity index (χ0) is 17.3. The van der Waals surface area contributed by atoms with Crippen LogP contribution in [0.1, 0.15) is 11.1 Å². The Labute approximate surface area is 134 Å². The first-order valence-corrected chi connectivity index (χ1v) is 6.71. The smallest absolute Gasteiger partial charge is 0.363 e. The van der Waals surface area contributed by atoms with Crippen molar-refractivity contribution in [2.75, 3.05) is 0 Å². The van der Waals surface area contributed by atoms with Gasteiger partial charge in [-0.15, -0.1) is 0 Å². The van der Waals surface area contributed by atoms with E-state index in [1.54, 1.807) is 6.07 Å². The van der Waals surface area contributed by atoms with Crippen molar-refractivity contribution in [1.82, 2.24) is 0 Å². The molecule has 0 amide bonds.